The normalized spacial score (nSPS) is 9.66. The summed E-state index contributed by atoms with van der Waals surface area (Å²) in [5.74, 6) is 3.35. The molecule has 23 heteroatoms. The third kappa shape index (κ3) is 102. The highest BCUT2D eigenvalue weighted by molar-refractivity contribution is 7.94. The van der Waals surface area contributed by atoms with Crippen molar-refractivity contribution in [1.29, 1.82) is 0 Å². The Morgan fingerprint density at radius 1 is 0.469 bits per heavy atom. The first-order valence-electron chi connectivity index (χ1n) is 19.7. The third-order valence-corrected chi connectivity index (χ3v) is 8.21. The predicted octanol–water partition coefficient (Wildman–Crippen LogP) is 6.29. The van der Waals surface area contributed by atoms with Crippen molar-refractivity contribution in [3.05, 3.63) is 0 Å². The Kier molecular flexibility index (Phi) is 78.5. The molecule has 64 heavy (non-hydrogen) atoms. The lowest BCUT2D eigenvalue weighted by Crippen LogP contribution is -2.33. The summed E-state index contributed by atoms with van der Waals surface area (Å²) in [6.07, 6.45) is 3.49. The van der Waals surface area contributed by atoms with Crippen LogP contribution in [-0.2, 0) is 31.8 Å². The largest absolute Gasteiger partial charge is 0.453 e. The molecule has 0 atom stereocenters. The second kappa shape index (κ2) is 59.7. The van der Waals surface area contributed by atoms with Gasteiger partial charge in [0, 0.05) is 181 Å². The van der Waals surface area contributed by atoms with Crippen molar-refractivity contribution in [2.24, 2.45) is 15.0 Å². The Morgan fingerprint density at radius 3 is 0.672 bits per heavy atom. The fourth-order valence-electron chi connectivity index (χ4n) is 1.42. The molecule has 0 spiro atoms. The summed E-state index contributed by atoms with van der Waals surface area (Å²) < 4.78 is 28.7. The first kappa shape index (κ1) is 84.2. The summed E-state index contributed by atoms with van der Waals surface area (Å²) in [6, 6.07) is 0.0185. The Bertz CT molecular complexity index is 1110. The Labute approximate surface area is 402 Å². The van der Waals surface area contributed by atoms with Crippen LogP contribution in [0.1, 0.15) is 48.5 Å². The van der Waals surface area contributed by atoms with Crippen LogP contribution >= 0.6 is 31.5 Å². The van der Waals surface area contributed by atoms with E-state index < -0.39 is 7.37 Å². The molecule has 390 valence electrons. The fourth-order valence-corrected chi connectivity index (χ4v) is 1.89. The van der Waals surface area contributed by atoms with E-state index in [9.17, 15) is 23.7 Å². The molecule has 0 heterocycles. The predicted molar refractivity (Wildman–Crippen MR) is 283 cm³/mol. The highest BCUT2D eigenvalue weighted by Gasteiger charge is 2.03. The van der Waals surface area contributed by atoms with Gasteiger partial charge in [-0.05, 0) is 58.7 Å². The Morgan fingerprint density at radius 2 is 0.672 bits per heavy atom. The molecule has 0 fully saturated rings. The number of amides is 5. The monoisotopic (exact) mass is 986 g/mol. The summed E-state index contributed by atoms with van der Waals surface area (Å²) in [5, 5.41) is 0. The van der Waals surface area contributed by atoms with Gasteiger partial charge in [-0.25, -0.2) is 9.59 Å². The maximum Gasteiger partial charge on any atom is 0.408 e. The minimum atomic E-state index is -2.15. The van der Waals surface area contributed by atoms with Crippen molar-refractivity contribution in [2.45, 2.75) is 48.5 Å². The average Bonchev–Trinajstić information content (AvgIpc) is 3.21. The Hall–Kier alpha value is -3.30. The van der Waals surface area contributed by atoms with Gasteiger partial charge in [-0.2, -0.15) is 0 Å². The number of aliphatic imine (C=N–C) groups is 3. The molecule has 0 rings (SSSR count). The molecule has 0 aliphatic rings. The van der Waals surface area contributed by atoms with Gasteiger partial charge in [0.1, 0.15) is 0 Å². The lowest BCUT2D eigenvalue weighted by Gasteiger charge is -2.16. The van der Waals surface area contributed by atoms with Crippen LogP contribution in [0.3, 0.4) is 0 Å². The third-order valence-electron chi connectivity index (χ3n) is 6.39. The quantitative estimate of drug-likeness (QED) is 0.130. The van der Waals surface area contributed by atoms with Crippen molar-refractivity contribution in [1.82, 2.24) is 39.2 Å². The van der Waals surface area contributed by atoms with Gasteiger partial charge in [0.15, 0.2) is 7.37 Å². The minimum absolute atomic E-state index is 0.0185. The number of hydrogen-bond donors (Lipinski definition) is 0. The van der Waals surface area contributed by atoms with E-state index in [2.05, 4.69) is 24.2 Å². The Balaban J connectivity index is -0.0000000635. The molecular weight excluding hydrogens is 886 g/mol. The van der Waals surface area contributed by atoms with Crippen LogP contribution < -0.4 is 0 Å². The summed E-state index contributed by atoms with van der Waals surface area (Å²) in [7, 11) is 34.9. The van der Waals surface area contributed by atoms with E-state index in [1.54, 1.807) is 105 Å². The average molecular weight is 986 g/mol. The zero-order valence-electron chi connectivity index (χ0n) is 46.8. The van der Waals surface area contributed by atoms with E-state index in [1.165, 1.54) is 76.7 Å². The molecular formula is C41H100N11O9PS2. The molecule has 0 aromatic rings. The number of carbonyl (C=O) groups is 4. The standard InChI is InChI=1S/C5H12N2O.3C5H12N2.C4H9NO2.2C4H9NO.C3H9O2P.2C3H8OS/c1-6(2)5(8)7(3)4;3*1-5(6-2)7(3)4;1-5(2)4(6)7-3;2*1-4(6)5(2)3;1-5-6(2,3)4;2*1-3-4-5-2/h1-4H3;3*1-4H3;1-3H3;3*1-3H3;2*3H2,1-2H3. The number of rotatable bonds is 5. The SMILES string of the molecule is CC(=O)N(C)C.CC(=O)N(C)C.CCOSC.CCOSC.CN(C)C(=O)N(C)C.CN=C(C)N(C)C.CN=C(C)N(C)C.CN=C(C)N(C)C.COC(=O)N(C)C.COP(C)(C)=O. The highest BCUT2D eigenvalue weighted by Crippen LogP contribution is 2.35. The van der Waals surface area contributed by atoms with Gasteiger partial charge in [0.25, 0.3) is 0 Å². The molecule has 0 aromatic carbocycles. The highest BCUT2D eigenvalue weighted by atomic mass is 32.2. The van der Waals surface area contributed by atoms with E-state index in [1.807, 2.05) is 104 Å². The first-order chi connectivity index (χ1) is 29.0. The van der Waals surface area contributed by atoms with Crippen molar-refractivity contribution < 1.29 is 41.4 Å². The second-order valence-corrected chi connectivity index (χ2v) is 17.8. The molecule has 0 aliphatic heterocycles. The van der Waals surface area contributed by atoms with Crippen LogP contribution in [0.2, 0.25) is 0 Å². The molecule has 0 bridgehead atoms. The lowest BCUT2D eigenvalue weighted by atomic mass is 10.6. The van der Waals surface area contributed by atoms with E-state index >= 15 is 0 Å². The van der Waals surface area contributed by atoms with E-state index in [-0.39, 0.29) is 23.9 Å². The molecule has 0 aliphatic carbocycles. The molecule has 5 amide bonds. The van der Waals surface area contributed by atoms with Crippen LogP contribution in [0.4, 0.5) is 9.59 Å². The molecule has 0 N–H and O–H groups in total. The number of carbonyl (C=O) groups excluding carboxylic acids is 4. The first-order valence-corrected chi connectivity index (χ1v) is 24.5. The summed E-state index contributed by atoms with van der Waals surface area (Å²) in [4.78, 5) is 66.2. The maximum absolute atomic E-state index is 10.7. The van der Waals surface area contributed by atoms with Gasteiger partial charge < -0.3 is 56.8 Å². The van der Waals surface area contributed by atoms with E-state index in [4.69, 9.17) is 8.37 Å². The van der Waals surface area contributed by atoms with E-state index in [0.717, 1.165) is 30.7 Å². The smallest absolute Gasteiger partial charge is 0.408 e. The second-order valence-electron chi connectivity index (χ2n) is 13.8. The van der Waals surface area contributed by atoms with Crippen LogP contribution in [-0.4, -0.2) is 268 Å². The molecule has 0 unspecified atom stereocenters. The summed E-state index contributed by atoms with van der Waals surface area (Å²) in [6.45, 7) is 17.7. The molecule has 0 saturated heterocycles. The van der Waals surface area contributed by atoms with Gasteiger partial charge in [0.2, 0.25) is 11.8 Å². The van der Waals surface area contributed by atoms with Gasteiger partial charge in [-0.1, -0.05) is 0 Å². The van der Waals surface area contributed by atoms with Crippen LogP contribution in [0.25, 0.3) is 0 Å². The molecule has 0 saturated carbocycles. The van der Waals surface area contributed by atoms with Gasteiger partial charge in [0.05, 0.1) is 37.8 Å². The lowest BCUT2D eigenvalue weighted by molar-refractivity contribution is -0.127. The number of methoxy groups -OCH3 is 1. The van der Waals surface area contributed by atoms with Crippen LogP contribution in [0.5, 0.6) is 0 Å². The van der Waals surface area contributed by atoms with E-state index in [0.29, 0.717) is 0 Å². The summed E-state index contributed by atoms with van der Waals surface area (Å²) >= 11 is 2.80. The number of ether oxygens (including phenoxy) is 1. The minimum Gasteiger partial charge on any atom is -0.453 e. The van der Waals surface area contributed by atoms with Gasteiger partial charge in [-0.15, -0.1) is 0 Å². The van der Waals surface area contributed by atoms with Gasteiger partial charge >= 0.3 is 12.1 Å². The summed E-state index contributed by atoms with van der Waals surface area (Å²) in [5.41, 5.74) is 0. The van der Waals surface area contributed by atoms with Crippen molar-refractivity contribution in [2.75, 3.05) is 187 Å². The zero-order chi connectivity index (χ0) is 53.9. The topological polar surface area (TPSA) is 185 Å². The molecule has 0 aromatic heterocycles. The molecule has 20 nitrogen and oxygen atoms in total. The van der Waals surface area contributed by atoms with Crippen LogP contribution in [0.15, 0.2) is 15.0 Å². The fraction of sp³-hybridized carbons (Fsp3) is 0.829. The number of hydrogen-bond acceptors (Lipinski definition) is 14. The zero-order valence-corrected chi connectivity index (χ0v) is 49.3. The van der Waals surface area contributed by atoms with Crippen molar-refractivity contribution in [3.63, 3.8) is 0 Å². The number of amidine groups is 3. The maximum atomic E-state index is 10.7. The van der Waals surface area contributed by atoms with Crippen LogP contribution in [0, 0.1) is 0 Å². The van der Waals surface area contributed by atoms with Crippen molar-refractivity contribution >= 4 is 72.9 Å². The number of urea groups is 1. The number of nitrogens with zero attached hydrogens (tertiary/aromatic N) is 11. The molecule has 0 radical (unpaired) electrons. The van der Waals surface area contributed by atoms with Gasteiger partial charge in [-0.3, -0.25) is 29.1 Å². The van der Waals surface area contributed by atoms with Crippen molar-refractivity contribution in [3.8, 4) is 0 Å².